The van der Waals surface area contributed by atoms with Gasteiger partial charge in [-0.1, -0.05) is 6.07 Å². The maximum Gasteiger partial charge on any atom is 0.251 e. The fourth-order valence-electron chi connectivity index (χ4n) is 3.93. The van der Waals surface area contributed by atoms with Gasteiger partial charge in [-0.2, -0.15) is 0 Å². The van der Waals surface area contributed by atoms with E-state index in [4.69, 9.17) is 18.9 Å². The number of hydrogen-bond donors (Lipinski definition) is 1. The Hall–Kier alpha value is -3.46. The van der Waals surface area contributed by atoms with Crippen LogP contribution in [0.15, 0.2) is 36.4 Å². The molecule has 9 heteroatoms. The predicted molar refractivity (Wildman–Crippen MR) is 121 cm³/mol. The van der Waals surface area contributed by atoms with Crippen LogP contribution in [0.2, 0.25) is 0 Å². The molecule has 0 atom stereocenters. The van der Waals surface area contributed by atoms with Crippen molar-refractivity contribution in [1.82, 2.24) is 15.1 Å². The van der Waals surface area contributed by atoms with E-state index in [2.05, 4.69) is 10.2 Å². The summed E-state index contributed by atoms with van der Waals surface area (Å²) in [6, 6.07) is 11.0. The molecule has 2 heterocycles. The van der Waals surface area contributed by atoms with E-state index in [0.29, 0.717) is 30.2 Å². The second-order valence-corrected chi connectivity index (χ2v) is 7.95. The van der Waals surface area contributed by atoms with Crippen molar-refractivity contribution in [2.24, 2.45) is 0 Å². The van der Waals surface area contributed by atoms with E-state index in [-0.39, 0.29) is 31.6 Å². The van der Waals surface area contributed by atoms with E-state index in [1.807, 2.05) is 23.1 Å². The molecule has 0 unspecified atom stereocenters. The van der Waals surface area contributed by atoms with Crippen molar-refractivity contribution in [3.05, 3.63) is 47.5 Å². The lowest BCUT2D eigenvalue weighted by molar-refractivity contribution is -0.132. The fraction of sp³-hybridized carbons (Fsp3) is 0.417. The number of nitrogens with zero attached hydrogens (tertiary/aromatic N) is 2. The molecule has 0 aliphatic carbocycles. The third kappa shape index (κ3) is 5.67. The number of benzene rings is 2. The van der Waals surface area contributed by atoms with Crippen LogP contribution in [0, 0.1) is 0 Å². The lowest BCUT2D eigenvalue weighted by atomic mass is 10.1. The summed E-state index contributed by atoms with van der Waals surface area (Å²) >= 11 is 0. The summed E-state index contributed by atoms with van der Waals surface area (Å²) in [5.74, 6) is 2.42. The van der Waals surface area contributed by atoms with Gasteiger partial charge in [-0.15, -0.1) is 0 Å². The maximum atomic E-state index is 12.6. The highest BCUT2D eigenvalue weighted by Crippen LogP contribution is 2.32. The Labute approximate surface area is 193 Å². The van der Waals surface area contributed by atoms with Gasteiger partial charge in [0, 0.05) is 57.3 Å². The highest BCUT2D eigenvalue weighted by atomic mass is 16.7. The molecule has 0 spiro atoms. The fourth-order valence-corrected chi connectivity index (χ4v) is 3.93. The van der Waals surface area contributed by atoms with Crippen molar-refractivity contribution in [2.45, 2.75) is 13.0 Å². The lowest BCUT2D eigenvalue weighted by Gasteiger charge is -2.34. The molecule has 1 saturated heterocycles. The minimum absolute atomic E-state index is 0.0428. The minimum Gasteiger partial charge on any atom is -0.497 e. The van der Waals surface area contributed by atoms with Crippen molar-refractivity contribution in [3.63, 3.8) is 0 Å². The predicted octanol–water partition coefficient (Wildman–Crippen LogP) is 1.90. The first kappa shape index (κ1) is 22.7. The smallest absolute Gasteiger partial charge is 0.251 e. The number of hydrogen-bond acceptors (Lipinski definition) is 7. The molecule has 2 aromatic rings. The molecule has 0 saturated carbocycles. The number of rotatable bonds is 8. The van der Waals surface area contributed by atoms with Crippen LogP contribution in [-0.4, -0.2) is 75.4 Å². The minimum atomic E-state index is -0.270. The van der Waals surface area contributed by atoms with E-state index in [0.717, 1.165) is 36.7 Å². The van der Waals surface area contributed by atoms with Gasteiger partial charge < -0.3 is 29.2 Å². The summed E-state index contributed by atoms with van der Waals surface area (Å²) in [6.45, 7) is 4.29. The molecule has 0 bridgehead atoms. The Morgan fingerprint density at radius 2 is 1.64 bits per heavy atom. The van der Waals surface area contributed by atoms with Crippen molar-refractivity contribution >= 4 is 11.8 Å². The first-order chi connectivity index (χ1) is 16.1. The SMILES string of the molecule is COc1cc(OC)cc(C(=O)NCCC(=O)N2CCN(Cc3ccc4c(c3)OCO4)CC2)c1. The molecule has 4 rings (SSSR count). The zero-order valence-corrected chi connectivity index (χ0v) is 19.0. The molecule has 1 fully saturated rings. The molecular formula is C24H29N3O6. The number of piperazine rings is 1. The highest BCUT2D eigenvalue weighted by Gasteiger charge is 2.22. The second kappa shape index (κ2) is 10.4. The number of ether oxygens (including phenoxy) is 4. The number of methoxy groups -OCH3 is 2. The van der Waals surface area contributed by atoms with E-state index >= 15 is 0 Å². The average Bonchev–Trinajstić information content (AvgIpc) is 3.32. The number of carbonyl (C=O) groups excluding carboxylic acids is 2. The summed E-state index contributed by atoms with van der Waals surface area (Å²) < 4.78 is 21.2. The van der Waals surface area contributed by atoms with Crippen LogP contribution < -0.4 is 24.3 Å². The van der Waals surface area contributed by atoms with Gasteiger partial charge in [0.15, 0.2) is 11.5 Å². The molecule has 0 radical (unpaired) electrons. The molecule has 33 heavy (non-hydrogen) atoms. The van der Waals surface area contributed by atoms with Crippen LogP contribution in [-0.2, 0) is 11.3 Å². The van der Waals surface area contributed by atoms with Gasteiger partial charge >= 0.3 is 0 Å². The van der Waals surface area contributed by atoms with Crippen molar-refractivity contribution in [2.75, 3.05) is 53.7 Å². The van der Waals surface area contributed by atoms with Gasteiger partial charge in [0.25, 0.3) is 5.91 Å². The molecular weight excluding hydrogens is 426 g/mol. The van der Waals surface area contributed by atoms with Crippen LogP contribution >= 0.6 is 0 Å². The van der Waals surface area contributed by atoms with Crippen LogP contribution in [0.3, 0.4) is 0 Å². The zero-order chi connectivity index (χ0) is 23.2. The van der Waals surface area contributed by atoms with Crippen LogP contribution in [0.4, 0.5) is 0 Å². The largest absolute Gasteiger partial charge is 0.497 e. The first-order valence-corrected chi connectivity index (χ1v) is 11.0. The molecule has 0 aromatic heterocycles. The Morgan fingerprint density at radius 1 is 0.939 bits per heavy atom. The molecule has 2 aromatic carbocycles. The standard InChI is InChI=1S/C24H29N3O6/c1-30-19-12-18(13-20(14-19)31-2)24(29)25-6-5-23(28)27-9-7-26(8-10-27)15-17-3-4-21-22(11-17)33-16-32-21/h3-4,11-14H,5-10,15-16H2,1-2H3,(H,25,29). The molecule has 176 valence electrons. The van der Waals surface area contributed by atoms with Crippen molar-refractivity contribution in [1.29, 1.82) is 0 Å². The van der Waals surface area contributed by atoms with Crippen molar-refractivity contribution in [3.8, 4) is 23.0 Å². The van der Waals surface area contributed by atoms with Gasteiger partial charge in [0.05, 0.1) is 14.2 Å². The molecule has 1 N–H and O–H groups in total. The van der Waals surface area contributed by atoms with Gasteiger partial charge in [0.2, 0.25) is 12.7 Å². The van der Waals surface area contributed by atoms with E-state index in [1.165, 1.54) is 14.2 Å². The van der Waals surface area contributed by atoms with Crippen LogP contribution in [0.5, 0.6) is 23.0 Å². The number of fused-ring (bicyclic) bond motifs is 1. The first-order valence-electron chi connectivity index (χ1n) is 11.0. The van der Waals surface area contributed by atoms with E-state index in [9.17, 15) is 9.59 Å². The third-order valence-corrected chi connectivity index (χ3v) is 5.81. The summed E-state index contributed by atoms with van der Waals surface area (Å²) in [4.78, 5) is 29.2. The number of amides is 2. The van der Waals surface area contributed by atoms with Gasteiger partial charge in [-0.3, -0.25) is 14.5 Å². The molecule has 2 aliphatic rings. The Morgan fingerprint density at radius 3 is 2.33 bits per heavy atom. The quantitative estimate of drug-likeness (QED) is 0.650. The summed E-state index contributed by atoms with van der Waals surface area (Å²) in [6.07, 6.45) is 0.259. The van der Waals surface area contributed by atoms with Crippen molar-refractivity contribution < 1.29 is 28.5 Å². The van der Waals surface area contributed by atoms with Gasteiger partial charge in [-0.25, -0.2) is 0 Å². The Balaban J connectivity index is 1.20. The van der Waals surface area contributed by atoms with Crippen LogP contribution in [0.1, 0.15) is 22.3 Å². The summed E-state index contributed by atoms with van der Waals surface area (Å²) in [5.41, 5.74) is 1.59. The summed E-state index contributed by atoms with van der Waals surface area (Å²) in [5, 5.41) is 2.80. The third-order valence-electron chi connectivity index (χ3n) is 5.81. The Kier molecular flexibility index (Phi) is 7.19. The van der Waals surface area contributed by atoms with E-state index < -0.39 is 0 Å². The van der Waals surface area contributed by atoms with Crippen LogP contribution in [0.25, 0.3) is 0 Å². The topological polar surface area (TPSA) is 89.6 Å². The molecule has 2 amide bonds. The normalized spacial score (nSPS) is 15.3. The number of nitrogens with one attached hydrogen (secondary N) is 1. The highest BCUT2D eigenvalue weighted by molar-refractivity contribution is 5.95. The zero-order valence-electron chi connectivity index (χ0n) is 19.0. The van der Waals surface area contributed by atoms with Gasteiger partial charge in [0.1, 0.15) is 11.5 Å². The molecule has 2 aliphatic heterocycles. The average molecular weight is 456 g/mol. The lowest BCUT2D eigenvalue weighted by Crippen LogP contribution is -2.48. The monoisotopic (exact) mass is 455 g/mol. The van der Waals surface area contributed by atoms with Gasteiger partial charge in [-0.05, 0) is 29.8 Å². The van der Waals surface area contributed by atoms with E-state index in [1.54, 1.807) is 18.2 Å². The second-order valence-electron chi connectivity index (χ2n) is 7.95. The maximum absolute atomic E-state index is 12.6. The number of carbonyl (C=O) groups is 2. The Bertz CT molecular complexity index is 981. The summed E-state index contributed by atoms with van der Waals surface area (Å²) in [7, 11) is 3.06. The molecule has 9 nitrogen and oxygen atoms in total.